The number of nitrogens with zero attached hydrogens (tertiary/aromatic N) is 3. The van der Waals surface area contributed by atoms with Crippen molar-refractivity contribution in [2.24, 2.45) is 0 Å². The second-order valence-corrected chi connectivity index (χ2v) is 5.94. The standard InChI is InChI=1S/C12H8BrIN4/c13-7-4-10-11(16-6-7)18(12(15)17-10)9-3-1-2-8(14)5-9/h1-6H,(H2,15,17). The molecule has 0 radical (unpaired) electrons. The molecule has 6 heteroatoms. The van der Waals surface area contributed by atoms with Gasteiger partial charge < -0.3 is 5.73 Å². The van der Waals surface area contributed by atoms with Crippen molar-refractivity contribution in [3.63, 3.8) is 0 Å². The summed E-state index contributed by atoms with van der Waals surface area (Å²) in [4.78, 5) is 8.70. The van der Waals surface area contributed by atoms with Crippen LogP contribution in [-0.2, 0) is 0 Å². The molecule has 0 aliphatic carbocycles. The number of pyridine rings is 1. The minimum absolute atomic E-state index is 0.442. The van der Waals surface area contributed by atoms with Gasteiger partial charge in [-0.05, 0) is 62.8 Å². The summed E-state index contributed by atoms with van der Waals surface area (Å²) in [5, 5.41) is 0. The molecule has 0 spiro atoms. The molecule has 0 bridgehead atoms. The third-order valence-electron chi connectivity index (χ3n) is 2.56. The lowest BCUT2D eigenvalue weighted by molar-refractivity contribution is 1.08. The van der Waals surface area contributed by atoms with Crippen molar-refractivity contribution >= 4 is 55.6 Å². The van der Waals surface area contributed by atoms with E-state index >= 15 is 0 Å². The number of imidazole rings is 1. The van der Waals surface area contributed by atoms with Crippen LogP contribution >= 0.6 is 38.5 Å². The Morgan fingerprint density at radius 2 is 2.11 bits per heavy atom. The SMILES string of the molecule is Nc1nc2cc(Br)cnc2n1-c1cccc(I)c1. The highest BCUT2D eigenvalue weighted by atomic mass is 127. The van der Waals surface area contributed by atoms with Crippen molar-refractivity contribution in [3.8, 4) is 5.69 Å². The average molecular weight is 415 g/mol. The van der Waals surface area contributed by atoms with E-state index in [0.717, 1.165) is 24.9 Å². The number of nitrogens with two attached hydrogens (primary N) is 1. The first-order valence-electron chi connectivity index (χ1n) is 5.20. The summed E-state index contributed by atoms with van der Waals surface area (Å²) in [6.07, 6.45) is 1.74. The summed E-state index contributed by atoms with van der Waals surface area (Å²) in [5.74, 6) is 0.442. The molecule has 3 rings (SSSR count). The molecule has 0 atom stereocenters. The molecular weight excluding hydrogens is 407 g/mol. The first kappa shape index (κ1) is 11.9. The Morgan fingerprint density at radius 1 is 1.28 bits per heavy atom. The lowest BCUT2D eigenvalue weighted by atomic mass is 10.3. The molecule has 3 aromatic rings. The minimum Gasteiger partial charge on any atom is -0.369 e. The molecule has 0 saturated heterocycles. The number of benzene rings is 1. The zero-order chi connectivity index (χ0) is 12.7. The maximum atomic E-state index is 5.98. The summed E-state index contributed by atoms with van der Waals surface area (Å²) in [5.41, 5.74) is 8.49. The van der Waals surface area contributed by atoms with Gasteiger partial charge in [-0.15, -0.1) is 0 Å². The van der Waals surface area contributed by atoms with Gasteiger partial charge in [0.25, 0.3) is 0 Å². The van der Waals surface area contributed by atoms with E-state index in [4.69, 9.17) is 5.73 Å². The fourth-order valence-electron chi connectivity index (χ4n) is 1.83. The quantitative estimate of drug-likeness (QED) is 0.621. The number of aromatic nitrogens is 3. The van der Waals surface area contributed by atoms with E-state index in [1.165, 1.54) is 0 Å². The minimum atomic E-state index is 0.442. The Hall–Kier alpha value is -1.15. The summed E-state index contributed by atoms with van der Waals surface area (Å²) < 4.78 is 3.88. The molecule has 0 aliphatic heterocycles. The lowest BCUT2D eigenvalue weighted by Gasteiger charge is -2.05. The van der Waals surface area contributed by atoms with Gasteiger partial charge in [0, 0.05) is 14.2 Å². The number of rotatable bonds is 1. The highest BCUT2D eigenvalue weighted by Crippen LogP contribution is 2.24. The predicted octanol–water partition coefficient (Wildman–Crippen LogP) is 3.37. The van der Waals surface area contributed by atoms with Crippen LogP contribution in [0.3, 0.4) is 0 Å². The number of fused-ring (bicyclic) bond motifs is 1. The van der Waals surface area contributed by atoms with Gasteiger partial charge in [0.2, 0.25) is 5.95 Å². The molecule has 2 aromatic heterocycles. The fourth-order valence-corrected chi connectivity index (χ4v) is 2.67. The molecule has 18 heavy (non-hydrogen) atoms. The number of nitrogen functional groups attached to an aromatic ring is 1. The molecule has 0 unspecified atom stereocenters. The predicted molar refractivity (Wildman–Crippen MR) is 83.7 cm³/mol. The topological polar surface area (TPSA) is 56.7 Å². The average Bonchev–Trinajstić information content (AvgIpc) is 2.64. The molecule has 0 fully saturated rings. The fraction of sp³-hybridized carbons (Fsp3) is 0. The molecule has 2 N–H and O–H groups in total. The van der Waals surface area contributed by atoms with E-state index in [9.17, 15) is 0 Å². The molecule has 90 valence electrons. The van der Waals surface area contributed by atoms with Gasteiger partial charge in [0.05, 0.1) is 5.69 Å². The van der Waals surface area contributed by atoms with E-state index in [1.807, 2.05) is 34.9 Å². The van der Waals surface area contributed by atoms with Gasteiger partial charge in [-0.3, -0.25) is 4.57 Å². The van der Waals surface area contributed by atoms with Crippen molar-refractivity contribution in [1.29, 1.82) is 0 Å². The monoisotopic (exact) mass is 414 g/mol. The maximum absolute atomic E-state index is 5.98. The number of halogens is 2. The number of hydrogen-bond donors (Lipinski definition) is 1. The maximum Gasteiger partial charge on any atom is 0.207 e. The third kappa shape index (κ3) is 1.99. The van der Waals surface area contributed by atoms with E-state index < -0.39 is 0 Å². The highest BCUT2D eigenvalue weighted by molar-refractivity contribution is 14.1. The van der Waals surface area contributed by atoms with E-state index in [2.05, 4.69) is 48.5 Å². The van der Waals surface area contributed by atoms with Crippen molar-refractivity contribution in [1.82, 2.24) is 14.5 Å². The Labute approximate surface area is 125 Å². The van der Waals surface area contributed by atoms with Crippen LogP contribution in [-0.4, -0.2) is 14.5 Å². The largest absolute Gasteiger partial charge is 0.369 e. The van der Waals surface area contributed by atoms with Crippen LogP contribution in [0.15, 0.2) is 41.0 Å². The van der Waals surface area contributed by atoms with Gasteiger partial charge in [-0.2, -0.15) is 0 Å². The van der Waals surface area contributed by atoms with Crippen LogP contribution in [0.5, 0.6) is 0 Å². The normalized spacial score (nSPS) is 11.0. The van der Waals surface area contributed by atoms with E-state index in [0.29, 0.717) is 5.95 Å². The number of hydrogen-bond acceptors (Lipinski definition) is 3. The van der Waals surface area contributed by atoms with Crippen LogP contribution in [0.25, 0.3) is 16.9 Å². The van der Waals surface area contributed by atoms with Crippen LogP contribution in [0.1, 0.15) is 0 Å². The third-order valence-corrected chi connectivity index (χ3v) is 3.66. The molecule has 0 aliphatic rings. The second kappa shape index (κ2) is 4.51. The molecule has 4 nitrogen and oxygen atoms in total. The van der Waals surface area contributed by atoms with Gasteiger partial charge >= 0.3 is 0 Å². The zero-order valence-electron chi connectivity index (χ0n) is 9.14. The van der Waals surface area contributed by atoms with Crippen molar-refractivity contribution in [2.45, 2.75) is 0 Å². The Morgan fingerprint density at radius 3 is 2.89 bits per heavy atom. The summed E-state index contributed by atoms with van der Waals surface area (Å²) in [7, 11) is 0. The molecule has 0 saturated carbocycles. The Bertz CT molecular complexity index is 738. The highest BCUT2D eigenvalue weighted by Gasteiger charge is 2.11. The van der Waals surface area contributed by atoms with Crippen molar-refractivity contribution < 1.29 is 0 Å². The van der Waals surface area contributed by atoms with Crippen LogP contribution in [0.4, 0.5) is 5.95 Å². The van der Waals surface area contributed by atoms with Gasteiger partial charge in [0.15, 0.2) is 5.65 Å². The van der Waals surface area contributed by atoms with Crippen LogP contribution in [0.2, 0.25) is 0 Å². The molecule has 1 aromatic carbocycles. The first-order chi connectivity index (χ1) is 8.65. The molecule has 2 heterocycles. The summed E-state index contributed by atoms with van der Waals surface area (Å²) in [6, 6.07) is 9.96. The summed E-state index contributed by atoms with van der Waals surface area (Å²) >= 11 is 5.65. The summed E-state index contributed by atoms with van der Waals surface area (Å²) in [6.45, 7) is 0. The lowest BCUT2D eigenvalue weighted by Crippen LogP contribution is -2.01. The van der Waals surface area contributed by atoms with Crippen LogP contribution < -0.4 is 5.73 Å². The molecule has 0 amide bonds. The smallest absolute Gasteiger partial charge is 0.207 e. The van der Waals surface area contributed by atoms with Gasteiger partial charge in [0.1, 0.15) is 5.52 Å². The van der Waals surface area contributed by atoms with Crippen molar-refractivity contribution in [2.75, 3.05) is 5.73 Å². The van der Waals surface area contributed by atoms with E-state index in [-0.39, 0.29) is 0 Å². The van der Waals surface area contributed by atoms with Crippen molar-refractivity contribution in [3.05, 3.63) is 44.6 Å². The molecular formula is C12H8BrIN4. The van der Waals surface area contributed by atoms with E-state index in [1.54, 1.807) is 6.20 Å². The second-order valence-electron chi connectivity index (χ2n) is 3.78. The van der Waals surface area contributed by atoms with Gasteiger partial charge in [-0.25, -0.2) is 9.97 Å². The first-order valence-corrected chi connectivity index (χ1v) is 7.08. The van der Waals surface area contributed by atoms with Crippen LogP contribution in [0, 0.1) is 3.57 Å². The van der Waals surface area contributed by atoms with Gasteiger partial charge in [-0.1, -0.05) is 6.07 Å². The Kier molecular flexibility index (Phi) is 2.98. The number of anilines is 1. The Balaban J connectivity index is 2.32. The zero-order valence-corrected chi connectivity index (χ0v) is 12.9.